The first-order valence-corrected chi connectivity index (χ1v) is 5.73. The lowest BCUT2D eigenvalue weighted by Crippen LogP contribution is -2.11. The average Bonchev–Trinajstić information content (AvgIpc) is 2.32. The summed E-state index contributed by atoms with van der Waals surface area (Å²) < 4.78 is 0. The highest BCUT2D eigenvalue weighted by Crippen LogP contribution is 2.24. The quantitative estimate of drug-likeness (QED) is 0.635. The van der Waals surface area contributed by atoms with Gasteiger partial charge in [0.15, 0.2) is 0 Å². The molecule has 5 N–H and O–H groups in total. The van der Waals surface area contributed by atoms with Crippen molar-refractivity contribution in [2.24, 2.45) is 0 Å². The third-order valence-electron chi connectivity index (χ3n) is 2.42. The largest absolute Gasteiger partial charge is 0.508 e. The van der Waals surface area contributed by atoms with Crippen LogP contribution in [0.4, 0.5) is 11.4 Å². The number of anilines is 2. The lowest BCUT2D eigenvalue weighted by molar-refractivity contribution is 0.102. The Kier molecular flexibility index (Phi) is 3.48. The fraction of sp³-hybridized carbons (Fsp3) is 0. The molecule has 19 heavy (non-hydrogen) atoms. The summed E-state index contributed by atoms with van der Waals surface area (Å²) in [6, 6.07) is 8.30. The van der Waals surface area contributed by atoms with Gasteiger partial charge in [-0.1, -0.05) is 11.6 Å². The van der Waals surface area contributed by atoms with Crippen LogP contribution in [0.25, 0.3) is 0 Å². The first-order chi connectivity index (χ1) is 8.95. The summed E-state index contributed by atoms with van der Waals surface area (Å²) in [5.74, 6) is -0.866. The Hall–Kier alpha value is -2.40. The van der Waals surface area contributed by atoms with Crippen molar-refractivity contribution in [3.63, 3.8) is 0 Å². The monoisotopic (exact) mass is 278 g/mol. The maximum absolute atomic E-state index is 11.9. The summed E-state index contributed by atoms with van der Waals surface area (Å²) >= 11 is 5.77. The highest BCUT2D eigenvalue weighted by atomic mass is 35.5. The van der Waals surface area contributed by atoms with Crippen LogP contribution in [0.5, 0.6) is 11.5 Å². The van der Waals surface area contributed by atoms with Gasteiger partial charge in [0.1, 0.15) is 11.5 Å². The number of carbonyl (C=O) groups excluding carboxylic acids is 1. The Morgan fingerprint density at radius 1 is 1.11 bits per heavy atom. The van der Waals surface area contributed by atoms with Crippen LogP contribution in [0.2, 0.25) is 5.02 Å². The van der Waals surface area contributed by atoms with Crippen molar-refractivity contribution in [3.05, 3.63) is 47.0 Å². The lowest BCUT2D eigenvalue weighted by Gasteiger charge is -2.07. The Balaban J connectivity index is 2.22. The molecular formula is C13H11ClN2O3. The van der Waals surface area contributed by atoms with Crippen LogP contribution in [0, 0.1) is 0 Å². The van der Waals surface area contributed by atoms with Gasteiger partial charge in [-0.2, -0.15) is 0 Å². The van der Waals surface area contributed by atoms with Gasteiger partial charge in [0.25, 0.3) is 5.91 Å². The van der Waals surface area contributed by atoms with Gasteiger partial charge in [0, 0.05) is 17.3 Å². The van der Waals surface area contributed by atoms with Gasteiger partial charge in [-0.3, -0.25) is 4.79 Å². The Morgan fingerprint density at radius 3 is 2.32 bits per heavy atom. The zero-order chi connectivity index (χ0) is 14.0. The van der Waals surface area contributed by atoms with E-state index in [1.54, 1.807) is 12.1 Å². The second kappa shape index (κ2) is 5.07. The summed E-state index contributed by atoms with van der Waals surface area (Å²) in [5, 5.41) is 21.6. The Labute approximate surface area is 114 Å². The molecule has 0 fully saturated rings. The van der Waals surface area contributed by atoms with Crippen molar-refractivity contribution in [1.82, 2.24) is 0 Å². The molecule has 0 aliphatic heterocycles. The molecule has 0 atom stereocenters. The highest BCUT2D eigenvalue weighted by molar-refractivity contribution is 6.33. The topological polar surface area (TPSA) is 95.6 Å². The van der Waals surface area contributed by atoms with E-state index < -0.39 is 5.91 Å². The average molecular weight is 279 g/mol. The predicted octanol–water partition coefficient (Wildman–Crippen LogP) is 2.59. The van der Waals surface area contributed by atoms with Crippen molar-refractivity contribution in [1.29, 1.82) is 0 Å². The molecule has 2 aromatic rings. The molecule has 1 amide bonds. The van der Waals surface area contributed by atoms with Crippen molar-refractivity contribution >= 4 is 28.9 Å². The molecular weight excluding hydrogens is 268 g/mol. The molecule has 0 bridgehead atoms. The molecule has 0 aliphatic rings. The second-order valence-electron chi connectivity index (χ2n) is 3.93. The van der Waals surface area contributed by atoms with Crippen LogP contribution in [0.1, 0.15) is 10.4 Å². The lowest BCUT2D eigenvalue weighted by atomic mass is 10.2. The number of hydrogen-bond donors (Lipinski definition) is 4. The molecule has 6 heteroatoms. The van der Waals surface area contributed by atoms with Crippen molar-refractivity contribution in [2.45, 2.75) is 0 Å². The smallest absolute Gasteiger partial charge is 0.255 e. The van der Waals surface area contributed by atoms with Gasteiger partial charge in [-0.05, 0) is 30.3 Å². The number of phenols is 2. The molecule has 98 valence electrons. The summed E-state index contributed by atoms with van der Waals surface area (Å²) in [4.78, 5) is 11.9. The molecule has 5 nitrogen and oxygen atoms in total. The standard InChI is InChI=1S/C13H11ClN2O3/c14-11-2-1-8(5-12(11)15)16-13(19)7-3-9(17)6-10(18)4-7/h1-6,17-18H,15H2,(H,16,19). The van der Waals surface area contributed by atoms with Crippen LogP contribution >= 0.6 is 11.6 Å². The molecule has 0 heterocycles. The number of phenolic OH excluding ortho intramolecular Hbond substituents is 2. The van der Waals surface area contributed by atoms with Gasteiger partial charge in [-0.25, -0.2) is 0 Å². The second-order valence-corrected chi connectivity index (χ2v) is 4.34. The summed E-state index contributed by atoms with van der Waals surface area (Å²) in [5.41, 5.74) is 6.56. The van der Waals surface area contributed by atoms with Gasteiger partial charge in [-0.15, -0.1) is 0 Å². The highest BCUT2D eigenvalue weighted by Gasteiger charge is 2.09. The van der Waals surface area contributed by atoms with Crippen LogP contribution in [0.15, 0.2) is 36.4 Å². The van der Waals surface area contributed by atoms with Crippen LogP contribution < -0.4 is 11.1 Å². The number of halogens is 1. The number of aromatic hydroxyl groups is 2. The van der Waals surface area contributed by atoms with E-state index in [1.165, 1.54) is 18.2 Å². The van der Waals surface area contributed by atoms with Crippen molar-refractivity contribution < 1.29 is 15.0 Å². The third-order valence-corrected chi connectivity index (χ3v) is 2.76. The minimum Gasteiger partial charge on any atom is -0.508 e. The molecule has 0 saturated heterocycles. The molecule has 0 saturated carbocycles. The van der Waals surface area contributed by atoms with Crippen molar-refractivity contribution in [2.75, 3.05) is 11.1 Å². The number of nitrogen functional groups attached to an aromatic ring is 1. The van der Waals surface area contributed by atoms with Crippen LogP contribution in [0.3, 0.4) is 0 Å². The van der Waals surface area contributed by atoms with E-state index in [-0.39, 0.29) is 17.1 Å². The number of rotatable bonds is 2. The maximum Gasteiger partial charge on any atom is 0.255 e. The summed E-state index contributed by atoms with van der Waals surface area (Å²) in [7, 11) is 0. The Morgan fingerprint density at radius 2 is 1.74 bits per heavy atom. The molecule has 0 aromatic heterocycles. The molecule has 0 unspecified atom stereocenters. The fourth-order valence-corrected chi connectivity index (χ4v) is 1.67. The number of benzene rings is 2. The van der Waals surface area contributed by atoms with Crippen LogP contribution in [-0.2, 0) is 0 Å². The maximum atomic E-state index is 11.9. The fourth-order valence-electron chi connectivity index (χ4n) is 1.55. The van der Waals surface area contributed by atoms with E-state index in [1.807, 2.05) is 0 Å². The summed E-state index contributed by atoms with van der Waals surface area (Å²) in [6.45, 7) is 0. The Bertz CT molecular complexity index is 624. The van der Waals surface area contributed by atoms with E-state index in [0.717, 1.165) is 6.07 Å². The first kappa shape index (κ1) is 13.0. The van der Waals surface area contributed by atoms with Gasteiger partial charge in [0.2, 0.25) is 0 Å². The third kappa shape index (κ3) is 3.08. The number of hydrogen-bond acceptors (Lipinski definition) is 4. The minimum atomic E-state index is -0.479. The predicted molar refractivity (Wildman–Crippen MR) is 73.6 cm³/mol. The van der Waals surface area contributed by atoms with E-state index in [2.05, 4.69) is 5.32 Å². The number of nitrogens with two attached hydrogens (primary N) is 1. The van der Waals surface area contributed by atoms with Gasteiger partial charge in [0.05, 0.1) is 10.7 Å². The molecule has 2 rings (SSSR count). The van der Waals surface area contributed by atoms with E-state index in [4.69, 9.17) is 17.3 Å². The first-order valence-electron chi connectivity index (χ1n) is 5.35. The van der Waals surface area contributed by atoms with E-state index in [9.17, 15) is 15.0 Å². The zero-order valence-electron chi connectivity index (χ0n) is 9.72. The molecule has 2 aromatic carbocycles. The normalized spacial score (nSPS) is 10.2. The number of carbonyl (C=O) groups is 1. The van der Waals surface area contributed by atoms with Gasteiger partial charge >= 0.3 is 0 Å². The number of nitrogens with one attached hydrogen (secondary N) is 1. The van der Waals surface area contributed by atoms with Crippen LogP contribution in [-0.4, -0.2) is 16.1 Å². The molecule has 0 spiro atoms. The zero-order valence-corrected chi connectivity index (χ0v) is 10.5. The van der Waals surface area contributed by atoms with E-state index in [0.29, 0.717) is 16.4 Å². The SMILES string of the molecule is Nc1cc(NC(=O)c2cc(O)cc(O)c2)ccc1Cl. The number of amides is 1. The minimum absolute atomic E-state index is 0.131. The van der Waals surface area contributed by atoms with Gasteiger partial charge < -0.3 is 21.3 Å². The molecule has 0 radical (unpaired) electrons. The van der Waals surface area contributed by atoms with Crippen molar-refractivity contribution in [3.8, 4) is 11.5 Å². The summed E-state index contributed by atoms with van der Waals surface area (Å²) in [6.07, 6.45) is 0. The van der Waals surface area contributed by atoms with E-state index >= 15 is 0 Å². The molecule has 0 aliphatic carbocycles.